The number of para-hydroxylation sites is 1. The highest BCUT2D eigenvalue weighted by Gasteiger charge is 2.65. The fraction of sp³-hybridized carbons (Fsp3) is 0.296. The van der Waals surface area contributed by atoms with E-state index < -0.39 is 47.0 Å². The van der Waals surface area contributed by atoms with Gasteiger partial charge in [-0.3, -0.25) is 4.79 Å². The summed E-state index contributed by atoms with van der Waals surface area (Å²) >= 11 is 0. The van der Waals surface area contributed by atoms with Crippen LogP contribution >= 0.6 is 0 Å². The van der Waals surface area contributed by atoms with Crippen molar-refractivity contribution in [3.8, 4) is 5.69 Å². The number of carbonyl (C=O) groups excluding carboxylic acids is 1. The average molecular weight is 548 g/mol. The Morgan fingerprint density at radius 1 is 1.08 bits per heavy atom. The maximum Gasteiger partial charge on any atom is 0.418 e. The van der Waals surface area contributed by atoms with Crippen LogP contribution in [-0.2, 0) is 15.7 Å². The first-order valence-electron chi connectivity index (χ1n) is 11.7. The van der Waals surface area contributed by atoms with E-state index in [1.54, 1.807) is 6.92 Å². The number of aryl methyl sites for hydroxylation is 1. The number of rotatable bonds is 6. The fourth-order valence-electron chi connectivity index (χ4n) is 4.73. The molecule has 0 bridgehead atoms. The Kier molecular flexibility index (Phi) is 7.11. The van der Waals surface area contributed by atoms with Gasteiger partial charge in [-0.1, -0.05) is 24.3 Å². The molecule has 1 fully saturated rings. The van der Waals surface area contributed by atoms with E-state index in [4.69, 9.17) is 4.74 Å². The molecule has 3 aromatic rings. The monoisotopic (exact) mass is 547 g/mol. The molecule has 1 amide bonds. The minimum absolute atomic E-state index is 0.107. The van der Waals surface area contributed by atoms with Crippen LogP contribution in [0.5, 0.6) is 0 Å². The van der Waals surface area contributed by atoms with Gasteiger partial charge in [0.25, 0.3) is 5.91 Å². The molecule has 1 saturated heterocycles. The molecular formula is C27H26F3N2O7. The molecule has 1 unspecified atom stereocenters. The highest BCUT2D eigenvalue weighted by molar-refractivity contribution is 6.05. The van der Waals surface area contributed by atoms with Crippen molar-refractivity contribution in [1.82, 2.24) is 4.57 Å². The van der Waals surface area contributed by atoms with Gasteiger partial charge >= 0.3 is 12.1 Å². The molecule has 0 aliphatic carbocycles. The van der Waals surface area contributed by atoms with E-state index in [2.05, 4.69) is 5.32 Å². The van der Waals surface area contributed by atoms with E-state index in [1.165, 1.54) is 60.0 Å². The van der Waals surface area contributed by atoms with Gasteiger partial charge in [-0.05, 0) is 56.7 Å². The van der Waals surface area contributed by atoms with E-state index in [9.17, 15) is 43.2 Å². The molecule has 207 valence electrons. The SMILES string of the molecule is Cc1cc(C(=O)Nc2ccc(C(O)[C@H]3O[CH][C@](C)(O)[C@@]3(O)C(=O)O)cc2)c(C)n1-c1ccccc1C(F)(F)F. The van der Waals surface area contributed by atoms with Gasteiger partial charge in [0.15, 0.2) is 0 Å². The van der Waals surface area contributed by atoms with Crippen molar-refractivity contribution < 1.29 is 47.9 Å². The van der Waals surface area contributed by atoms with Gasteiger partial charge in [-0.25, -0.2) is 4.79 Å². The Morgan fingerprint density at radius 3 is 2.28 bits per heavy atom. The smallest absolute Gasteiger partial charge is 0.418 e. The molecule has 1 aromatic heterocycles. The van der Waals surface area contributed by atoms with Crippen LogP contribution in [0.1, 0.15) is 45.9 Å². The van der Waals surface area contributed by atoms with Gasteiger partial charge in [0.2, 0.25) is 5.60 Å². The summed E-state index contributed by atoms with van der Waals surface area (Å²) in [6, 6.07) is 12.1. The second-order valence-corrected chi connectivity index (χ2v) is 9.55. The zero-order valence-corrected chi connectivity index (χ0v) is 21.0. The number of aliphatic carboxylic acids is 1. The highest BCUT2D eigenvalue weighted by atomic mass is 19.4. The third-order valence-corrected chi connectivity index (χ3v) is 6.88. The van der Waals surface area contributed by atoms with Gasteiger partial charge in [-0.2, -0.15) is 13.2 Å². The third-order valence-electron chi connectivity index (χ3n) is 6.88. The number of carbonyl (C=O) groups is 2. The second-order valence-electron chi connectivity index (χ2n) is 9.55. The molecule has 12 heteroatoms. The zero-order chi connectivity index (χ0) is 28.9. The molecule has 4 atom stereocenters. The van der Waals surface area contributed by atoms with Crippen molar-refractivity contribution in [2.45, 2.75) is 50.4 Å². The maximum absolute atomic E-state index is 13.6. The lowest BCUT2D eigenvalue weighted by Crippen LogP contribution is -2.61. The Balaban J connectivity index is 1.56. The van der Waals surface area contributed by atoms with Crippen LogP contribution in [0.3, 0.4) is 0 Å². The normalized spacial score (nSPS) is 24.0. The number of hydrogen-bond acceptors (Lipinski definition) is 6. The minimum atomic E-state index is -4.59. The molecule has 2 heterocycles. The van der Waals surface area contributed by atoms with E-state index >= 15 is 0 Å². The van der Waals surface area contributed by atoms with Gasteiger partial charge in [0.1, 0.15) is 24.4 Å². The lowest BCUT2D eigenvalue weighted by atomic mass is 9.79. The average Bonchev–Trinajstić information content (AvgIpc) is 3.30. The number of aliphatic hydroxyl groups is 3. The summed E-state index contributed by atoms with van der Waals surface area (Å²) in [6.07, 6.45) is -7.98. The first-order valence-corrected chi connectivity index (χ1v) is 11.7. The number of nitrogens with one attached hydrogen (secondary N) is 1. The molecule has 0 spiro atoms. The van der Waals surface area contributed by atoms with Crippen molar-refractivity contribution >= 4 is 17.6 Å². The molecule has 1 aliphatic heterocycles. The number of aliphatic hydroxyl groups excluding tert-OH is 1. The summed E-state index contributed by atoms with van der Waals surface area (Å²) in [7, 11) is 0. The Bertz CT molecular complexity index is 1420. The van der Waals surface area contributed by atoms with Crippen molar-refractivity contribution in [2.75, 3.05) is 5.32 Å². The predicted molar refractivity (Wildman–Crippen MR) is 132 cm³/mol. The minimum Gasteiger partial charge on any atom is -0.479 e. The number of aromatic nitrogens is 1. The highest BCUT2D eigenvalue weighted by Crippen LogP contribution is 2.43. The lowest BCUT2D eigenvalue weighted by Gasteiger charge is -2.34. The number of nitrogens with zero attached hydrogens (tertiary/aromatic N) is 1. The number of amides is 1. The molecule has 9 nitrogen and oxygen atoms in total. The van der Waals surface area contributed by atoms with Crippen molar-refractivity contribution in [3.05, 3.63) is 89.3 Å². The van der Waals surface area contributed by atoms with Crippen LogP contribution in [0.15, 0.2) is 54.6 Å². The van der Waals surface area contributed by atoms with Crippen LogP contribution in [0.2, 0.25) is 0 Å². The summed E-state index contributed by atoms with van der Waals surface area (Å²) < 4.78 is 47.2. The number of halogens is 3. The number of hydrogen-bond donors (Lipinski definition) is 5. The fourth-order valence-corrected chi connectivity index (χ4v) is 4.73. The quantitative estimate of drug-likeness (QED) is 0.318. The number of benzene rings is 2. The molecule has 0 saturated carbocycles. The lowest BCUT2D eigenvalue weighted by molar-refractivity contribution is -0.192. The van der Waals surface area contributed by atoms with E-state index in [0.29, 0.717) is 11.4 Å². The van der Waals surface area contributed by atoms with Crippen molar-refractivity contribution in [3.63, 3.8) is 0 Å². The summed E-state index contributed by atoms with van der Waals surface area (Å²) in [6.45, 7) is 4.90. The number of ether oxygens (including phenoxy) is 1. The summed E-state index contributed by atoms with van der Waals surface area (Å²) in [5.74, 6) is -2.37. The molecule has 5 N–H and O–H groups in total. The van der Waals surface area contributed by atoms with Crippen LogP contribution < -0.4 is 5.32 Å². The predicted octanol–water partition coefficient (Wildman–Crippen LogP) is 3.53. The standard InChI is InChI=1S/C27H26F3N2O7/c1-14-12-18(15(2)32(14)20-7-5-4-6-19(20)27(28,29)30)23(34)31-17-10-8-16(9-11-17)21(33)22-26(38,24(35)36)25(3,37)13-39-22/h4-13,21-22,33,37-38H,1-3H3,(H,31,34)(H,35,36)/t21?,22-,25+,26+/m1/s1. The summed E-state index contributed by atoms with van der Waals surface area (Å²) in [4.78, 5) is 24.7. The third kappa shape index (κ3) is 4.80. The number of alkyl halides is 3. The van der Waals surface area contributed by atoms with Gasteiger partial charge in [-0.15, -0.1) is 0 Å². The zero-order valence-electron chi connectivity index (χ0n) is 21.0. The van der Waals surface area contributed by atoms with Gasteiger partial charge < -0.3 is 35.0 Å². The summed E-state index contributed by atoms with van der Waals surface area (Å²) in [5.41, 5.74) is -4.78. The van der Waals surface area contributed by atoms with E-state index in [1.807, 2.05) is 0 Å². The molecular weight excluding hydrogens is 521 g/mol. The van der Waals surface area contributed by atoms with E-state index in [-0.39, 0.29) is 22.5 Å². The molecule has 2 aromatic carbocycles. The molecule has 1 radical (unpaired) electrons. The first-order chi connectivity index (χ1) is 18.1. The van der Waals surface area contributed by atoms with Crippen LogP contribution in [0.25, 0.3) is 5.69 Å². The Labute approximate surface area is 221 Å². The molecule has 4 rings (SSSR count). The maximum atomic E-state index is 13.6. The molecule has 1 aliphatic rings. The van der Waals surface area contributed by atoms with Crippen molar-refractivity contribution in [2.24, 2.45) is 0 Å². The van der Waals surface area contributed by atoms with Crippen molar-refractivity contribution in [1.29, 1.82) is 0 Å². The largest absolute Gasteiger partial charge is 0.479 e. The first kappa shape index (κ1) is 28.3. The Hall–Kier alpha value is -3.71. The van der Waals surface area contributed by atoms with E-state index in [0.717, 1.165) is 19.6 Å². The van der Waals surface area contributed by atoms with Crippen LogP contribution in [-0.4, -0.2) is 54.2 Å². The van der Waals surface area contributed by atoms with Gasteiger partial charge in [0.05, 0.1) is 16.8 Å². The molecule has 39 heavy (non-hydrogen) atoms. The van der Waals surface area contributed by atoms with Crippen LogP contribution in [0, 0.1) is 20.5 Å². The number of anilines is 1. The van der Waals surface area contributed by atoms with Crippen LogP contribution in [0.4, 0.5) is 18.9 Å². The van der Waals surface area contributed by atoms with Gasteiger partial charge in [0, 0.05) is 17.1 Å². The number of carboxylic acids is 1. The Morgan fingerprint density at radius 2 is 1.69 bits per heavy atom. The topological polar surface area (TPSA) is 141 Å². The number of carboxylic acid groups (broad SMARTS) is 1. The second kappa shape index (κ2) is 9.79. The summed E-state index contributed by atoms with van der Waals surface area (Å²) in [5, 5.41) is 43.6.